The van der Waals surface area contributed by atoms with Crippen LogP contribution in [0.4, 0.5) is 10.1 Å². The molecular formula is C18H17FN2O3. The van der Waals surface area contributed by atoms with Crippen LogP contribution in [0.15, 0.2) is 54.6 Å². The molecule has 0 aliphatic carbocycles. The largest absolute Gasteiger partial charge is 0.484 e. The molecule has 0 spiro atoms. The lowest BCUT2D eigenvalue weighted by molar-refractivity contribution is -0.123. The maximum atomic E-state index is 13.0. The molecule has 3 rings (SSSR count). The highest BCUT2D eigenvalue weighted by atomic mass is 19.1. The zero-order valence-corrected chi connectivity index (χ0v) is 12.9. The molecule has 1 aliphatic rings. The van der Waals surface area contributed by atoms with E-state index in [0.717, 1.165) is 5.69 Å². The molecule has 1 heterocycles. The SMILES string of the molecule is O=C(COc1cccc(F)c1)NC1CC(=O)N(c2ccccc2)C1. The summed E-state index contributed by atoms with van der Waals surface area (Å²) in [6.07, 6.45) is 0.251. The number of ether oxygens (including phenoxy) is 1. The topological polar surface area (TPSA) is 58.6 Å². The maximum Gasteiger partial charge on any atom is 0.258 e. The number of carbonyl (C=O) groups excluding carboxylic acids is 2. The number of anilines is 1. The summed E-state index contributed by atoms with van der Waals surface area (Å²) in [4.78, 5) is 25.7. The second kappa shape index (κ2) is 7.12. The smallest absolute Gasteiger partial charge is 0.258 e. The van der Waals surface area contributed by atoms with Crippen LogP contribution in [0.1, 0.15) is 6.42 Å². The highest BCUT2D eigenvalue weighted by Crippen LogP contribution is 2.21. The molecule has 124 valence electrons. The van der Waals surface area contributed by atoms with Crippen molar-refractivity contribution in [3.05, 3.63) is 60.4 Å². The van der Waals surface area contributed by atoms with Crippen LogP contribution in [0.25, 0.3) is 0 Å². The Morgan fingerprint density at radius 2 is 2.00 bits per heavy atom. The number of para-hydroxylation sites is 1. The van der Waals surface area contributed by atoms with Crippen LogP contribution in [0, 0.1) is 5.82 Å². The molecule has 24 heavy (non-hydrogen) atoms. The van der Waals surface area contributed by atoms with Crippen molar-refractivity contribution < 1.29 is 18.7 Å². The Morgan fingerprint density at radius 1 is 1.21 bits per heavy atom. The van der Waals surface area contributed by atoms with Gasteiger partial charge in [0.05, 0.1) is 6.04 Å². The minimum atomic E-state index is -0.423. The number of carbonyl (C=O) groups is 2. The van der Waals surface area contributed by atoms with E-state index in [1.165, 1.54) is 18.2 Å². The Hall–Kier alpha value is -2.89. The number of nitrogens with one attached hydrogen (secondary N) is 1. The van der Waals surface area contributed by atoms with Gasteiger partial charge in [0, 0.05) is 24.7 Å². The lowest BCUT2D eigenvalue weighted by atomic mass is 10.2. The first-order valence-electron chi connectivity index (χ1n) is 7.65. The van der Waals surface area contributed by atoms with E-state index < -0.39 is 5.82 Å². The Kier molecular flexibility index (Phi) is 4.74. The molecule has 2 amide bonds. The maximum absolute atomic E-state index is 13.0. The number of hydrogen-bond acceptors (Lipinski definition) is 3. The molecule has 0 bridgehead atoms. The fourth-order valence-electron chi connectivity index (χ4n) is 2.64. The Labute approximate surface area is 139 Å². The second-order valence-corrected chi connectivity index (χ2v) is 5.55. The molecule has 1 fully saturated rings. The molecule has 2 aromatic rings. The highest BCUT2D eigenvalue weighted by molar-refractivity contribution is 5.96. The quantitative estimate of drug-likeness (QED) is 0.915. The van der Waals surface area contributed by atoms with Crippen LogP contribution < -0.4 is 15.0 Å². The summed E-state index contributed by atoms with van der Waals surface area (Å²) >= 11 is 0. The van der Waals surface area contributed by atoms with E-state index in [9.17, 15) is 14.0 Å². The van der Waals surface area contributed by atoms with Gasteiger partial charge in [0.15, 0.2) is 6.61 Å². The fraction of sp³-hybridized carbons (Fsp3) is 0.222. The summed E-state index contributed by atoms with van der Waals surface area (Å²) in [6.45, 7) is 0.202. The zero-order valence-electron chi connectivity index (χ0n) is 12.9. The van der Waals surface area contributed by atoms with E-state index in [-0.39, 0.29) is 30.9 Å². The van der Waals surface area contributed by atoms with E-state index in [4.69, 9.17) is 4.74 Å². The van der Waals surface area contributed by atoms with Crippen LogP contribution in [-0.2, 0) is 9.59 Å². The summed E-state index contributed by atoms with van der Waals surface area (Å²) in [6, 6.07) is 14.7. The van der Waals surface area contributed by atoms with Crippen LogP contribution in [0.3, 0.4) is 0 Å². The van der Waals surface area contributed by atoms with Crippen molar-refractivity contribution in [2.45, 2.75) is 12.5 Å². The lowest BCUT2D eigenvalue weighted by Crippen LogP contribution is -2.39. The first-order chi connectivity index (χ1) is 11.6. The van der Waals surface area contributed by atoms with Gasteiger partial charge in [-0.1, -0.05) is 24.3 Å². The molecule has 1 atom stereocenters. The van der Waals surface area contributed by atoms with Crippen molar-refractivity contribution in [1.29, 1.82) is 0 Å². The fourth-order valence-corrected chi connectivity index (χ4v) is 2.64. The van der Waals surface area contributed by atoms with Crippen molar-refractivity contribution in [1.82, 2.24) is 5.32 Å². The number of rotatable bonds is 5. The molecule has 5 nitrogen and oxygen atoms in total. The van der Waals surface area contributed by atoms with E-state index in [1.54, 1.807) is 11.0 Å². The predicted octanol–water partition coefficient (Wildman–Crippen LogP) is 2.13. The van der Waals surface area contributed by atoms with Gasteiger partial charge in [-0.15, -0.1) is 0 Å². The summed E-state index contributed by atoms with van der Waals surface area (Å²) < 4.78 is 18.3. The second-order valence-electron chi connectivity index (χ2n) is 5.55. The van der Waals surface area contributed by atoms with E-state index in [2.05, 4.69) is 5.32 Å². The van der Waals surface area contributed by atoms with E-state index >= 15 is 0 Å². The van der Waals surface area contributed by atoms with Gasteiger partial charge in [-0.2, -0.15) is 0 Å². The molecule has 1 unspecified atom stereocenters. The third kappa shape index (κ3) is 3.90. The van der Waals surface area contributed by atoms with Gasteiger partial charge in [0.25, 0.3) is 5.91 Å². The predicted molar refractivity (Wildman–Crippen MR) is 87.2 cm³/mol. The van der Waals surface area contributed by atoms with Crippen molar-refractivity contribution in [3.63, 3.8) is 0 Å². The molecule has 1 N–H and O–H groups in total. The molecule has 1 aliphatic heterocycles. The van der Waals surface area contributed by atoms with Crippen LogP contribution in [0.5, 0.6) is 5.75 Å². The normalized spacial score (nSPS) is 17.0. The Bertz CT molecular complexity index is 736. The van der Waals surface area contributed by atoms with Gasteiger partial charge in [-0.05, 0) is 24.3 Å². The first-order valence-corrected chi connectivity index (χ1v) is 7.65. The number of nitrogens with zero attached hydrogens (tertiary/aromatic N) is 1. The summed E-state index contributed by atoms with van der Waals surface area (Å²) in [7, 11) is 0. The molecule has 0 saturated carbocycles. The lowest BCUT2D eigenvalue weighted by Gasteiger charge is -2.17. The van der Waals surface area contributed by atoms with E-state index in [0.29, 0.717) is 12.3 Å². The van der Waals surface area contributed by atoms with Gasteiger partial charge >= 0.3 is 0 Å². The summed E-state index contributed by atoms with van der Waals surface area (Å²) in [5.74, 6) is -0.504. The van der Waals surface area contributed by atoms with Crippen molar-refractivity contribution in [2.75, 3.05) is 18.1 Å². The molecular weight excluding hydrogens is 311 g/mol. The number of halogens is 1. The molecule has 0 radical (unpaired) electrons. The minimum absolute atomic E-state index is 0.0300. The van der Waals surface area contributed by atoms with Crippen LogP contribution in [-0.4, -0.2) is 31.0 Å². The number of benzene rings is 2. The Morgan fingerprint density at radius 3 is 2.75 bits per heavy atom. The standard InChI is InChI=1S/C18H17FN2O3/c19-13-5-4-8-16(9-13)24-12-17(22)20-14-10-18(23)21(11-14)15-6-2-1-3-7-15/h1-9,14H,10-12H2,(H,20,22). The van der Waals surface area contributed by atoms with Crippen molar-refractivity contribution in [2.24, 2.45) is 0 Å². The molecule has 6 heteroatoms. The van der Waals surface area contributed by atoms with Gasteiger partial charge < -0.3 is 15.0 Å². The molecule has 1 saturated heterocycles. The zero-order chi connectivity index (χ0) is 16.9. The van der Waals surface area contributed by atoms with Crippen molar-refractivity contribution >= 4 is 17.5 Å². The molecule has 0 aromatic heterocycles. The summed E-state index contributed by atoms with van der Waals surface area (Å²) in [5, 5.41) is 2.77. The average molecular weight is 328 g/mol. The highest BCUT2D eigenvalue weighted by Gasteiger charge is 2.31. The van der Waals surface area contributed by atoms with E-state index in [1.807, 2.05) is 30.3 Å². The first kappa shape index (κ1) is 16.0. The van der Waals surface area contributed by atoms with Gasteiger partial charge in [-0.3, -0.25) is 9.59 Å². The third-order valence-electron chi connectivity index (χ3n) is 3.72. The summed E-state index contributed by atoms with van der Waals surface area (Å²) in [5.41, 5.74) is 0.815. The number of amides is 2. The molecule has 2 aromatic carbocycles. The number of hydrogen-bond donors (Lipinski definition) is 1. The average Bonchev–Trinajstić information content (AvgIpc) is 2.94. The van der Waals surface area contributed by atoms with Crippen molar-refractivity contribution in [3.8, 4) is 5.75 Å². The minimum Gasteiger partial charge on any atom is -0.484 e. The third-order valence-corrected chi connectivity index (χ3v) is 3.72. The van der Waals surface area contributed by atoms with Gasteiger partial charge in [0.1, 0.15) is 11.6 Å². The van der Waals surface area contributed by atoms with Crippen LogP contribution >= 0.6 is 0 Å². The van der Waals surface area contributed by atoms with Gasteiger partial charge in [-0.25, -0.2) is 4.39 Å². The Balaban J connectivity index is 1.51. The van der Waals surface area contributed by atoms with Gasteiger partial charge in [0.2, 0.25) is 5.91 Å². The monoisotopic (exact) mass is 328 g/mol. The van der Waals surface area contributed by atoms with Crippen LogP contribution in [0.2, 0.25) is 0 Å².